The Bertz CT molecular complexity index is 872. The molecule has 0 radical (unpaired) electrons. The third-order valence-corrected chi connectivity index (χ3v) is 4.70. The number of hydrogen-bond donors (Lipinski definition) is 3. The first-order valence-electron chi connectivity index (χ1n) is 8.67. The molecule has 0 saturated carbocycles. The van der Waals surface area contributed by atoms with Crippen molar-refractivity contribution < 1.29 is 4.79 Å². The summed E-state index contributed by atoms with van der Waals surface area (Å²) in [4.78, 5) is 21.0. The third-order valence-electron chi connectivity index (χ3n) is 3.74. The van der Waals surface area contributed by atoms with Gasteiger partial charge in [-0.25, -0.2) is 14.8 Å². The van der Waals surface area contributed by atoms with Crippen LogP contribution < -0.4 is 10.6 Å². The summed E-state index contributed by atoms with van der Waals surface area (Å²) in [5.74, 6) is 1.46. The minimum atomic E-state index is -0.267. The van der Waals surface area contributed by atoms with Crippen molar-refractivity contribution in [2.45, 2.75) is 39.7 Å². The summed E-state index contributed by atoms with van der Waals surface area (Å²) in [6.45, 7) is 4.55. The van der Waals surface area contributed by atoms with E-state index in [0.717, 1.165) is 41.4 Å². The van der Waals surface area contributed by atoms with Crippen molar-refractivity contribution in [3.63, 3.8) is 0 Å². The first kappa shape index (κ1) is 18.1. The summed E-state index contributed by atoms with van der Waals surface area (Å²) in [5, 5.41) is 15.9. The van der Waals surface area contributed by atoms with Crippen molar-refractivity contribution in [3.05, 3.63) is 46.2 Å². The molecular weight excluding hydrogens is 348 g/mol. The number of amides is 2. The molecule has 2 aromatic heterocycles. The Morgan fingerprint density at radius 2 is 2.15 bits per heavy atom. The summed E-state index contributed by atoms with van der Waals surface area (Å²) in [6.07, 6.45) is 2.84. The van der Waals surface area contributed by atoms with Crippen LogP contribution in [0.1, 0.15) is 36.8 Å². The van der Waals surface area contributed by atoms with Gasteiger partial charge in [-0.15, -0.1) is 11.3 Å². The van der Waals surface area contributed by atoms with E-state index < -0.39 is 0 Å². The number of carbonyl (C=O) groups is 1. The second kappa shape index (κ2) is 8.57. The van der Waals surface area contributed by atoms with Crippen LogP contribution in [0.15, 0.2) is 29.6 Å². The van der Waals surface area contributed by atoms with Crippen molar-refractivity contribution in [2.24, 2.45) is 0 Å². The zero-order valence-electron chi connectivity index (χ0n) is 14.9. The van der Waals surface area contributed by atoms with Crippen LogP contribution in [-0.4, -0.2) is 26.2 Å². The highest BCUT2D eigenvalue weighted by Crippen LogP contribution is 2.19. The van der Waals surface area contributed by atoms with Crippen LogP contribution >= 0.6 is 11.3 Å². The lowest BCUT2D eigenvalue weighted by atomic mass is 10.2. The Labute approximate surface area is 156 Å². The minimum Gasteiger partial charge on any atom is -0.332 e. The summed E-state index contributed by atoms with van der Waals surface area (Å²) < 4.78 is 0. The molecule has 136 valence electrons. The van der Waals surface area contributed by atoms with E-state index >= 15 is 0 Å². The molecule has 3 rings (SSSR count). The van der Waals surface area contributed by atoms with E-state index in [9.17, 15) is 4.79 Å². The van der Waals surface area contributed by atoms with Gasteiger partial charge < -0.3 is 10.6 Å². The van der Waals surface area contributed by atoms with Gasteiger partial charge in [-0.1, -0.05) is 26.0 Å². The average molecular weight is 370 g/mol. The number of H-pyrrole nitrogens is 1. The predicted octanol–water partition coefficient (Wildman–Crippen LogP) is 3.76. The maximum absolute atomic E-state index is 12.1. The van der Waals surface area contributed by atoms with Gasteiger partial charge in [0.1, 0.15) is 5.82 Å². The summed E-state index contributed by atoms with van der Waals surface area (Å²) in [6, 6.07) is 7.19. The van der Waals surface area contributed by atoms with Crippen molar-refractivity contribution in [2.75, 3.05) is 5.32 Å². The van der Waals surface area contributed by atoms with Gasteiger partial charge in [-0.3, -0.25) is 5.10 Å². The van der Waals surface area contributed by atoms with Gasteiger partial charge in [0.25, 0.3) is 0 Å². The smallest absolute Gasteiger partial charge is 0.319 e. The van der Waals surface area contributed by atoms with Crippen LogP contribution in [0.25, 0.3) is 11.4 Å². The third kappa shape index (κ3) is 4.66. The summed E-state index contributed by atoms with van der Waals surface area (Å²) in [7, 11) is 0. The van der Waals surface area contributed by atoms with E-state index in [1.54, 1.807) is 11.3 Å². The van der Waals surface area contributed by atoms with Gasteiger partial charge in [0.2, 0.25) is 0 Å². The number of carbonyl (C=O) groups excluding carboxylic acids is 1. The molecule has 1 aromatic carbocycles. The monoisotopic (exact) mass is 370 g/mol. The lowest BCUT2D eigenvalue weighted by Crippen LogP contribution is -2.28. The number of nitrogens with one attached hydrogen (secondary N) is 3. The quantitative estimate of drug-likeness (QED) is 0.590. The molecule has 3 aromatic rings. The molecule has 0 atom stereocenters. The zero-order valence-corrected chi connectivity index (χ0v) is 15.7. The van der Waals surface area contributed by atoms with Gasteiger partial charge in [0, 0.05) is 23.1 Å². The molecule has 2 heterocycles. The fourth-order valence-corrected chi connectivity index (χ4v) is 3.32. The predicted molar refractivity (Wildman–Crippen MR) is 103 cm³/mol. The van der Waals surface area contributed by atoms with E-state index in [1.165, 1.54) is 0 Å². The number of nitrogens with zero attached hydrogens (tertiary/aromatic N) is 3. The first-order chi connectivity index (χ1) is 12.7. The van der Waals surface area contributed by atoms with Crippen LogP contribution in [0, 0.1) is 0 Å². The molecule has 0 spiro atoms. The molecule has 2 amide bonds. The molecule has 0 aliphatic rings. The van der Waals surface area contributed by atoms with E-state index in [2.05, 4.69) is 37.7 Å². The molecule has 7 nitrogen and oxygen atoms in total. The fourth-order valence-electron chi connectivity index (χ4n) is 2.42. The maximum Gasteiger partial charge on any atom is 0.319 e. The van der Waals surface area contributed by atoms with Crippen molar-refractivity contribution in [1.82, 2.24) is 25.5 Å². The first-order valence-corrected chi connectivity index (χ1v) is 9.55. The molecule has 0 aliphatic heterocycles. The zero-order chi connectivity index (χ0) is 18.4. The van der Waals surface area contributed by atoms with Crippen LogP contribution in [0.4, 0.5) is 10.5 Å². The second-order valence-electron chi connectivity index (χ2n) is 5.83. The maximum atomic E-state index is 12.1. The highest BCUT2D eigenvalue weighted by Gasteiger charge is 2.08. The number of urea groups is 1. The Balaban J connectivity index is 1.57. The van der Waals surface area contributed by atoms with Crippen LogP contribution in [0.2, 0.25) is 0 Å². The molecule has 8 heteroatoms. The van der Waals surface area contributed by atoms with Gasteiger partial charge in [0.15, 0.2) is 5.82 Å². The molecule has 0 saturated heterocycles. The average Bonchev–Trinajstić information content (AvgIpc) is 3.30. The van der Waals surface area contributed by atoms with Gasteiger partial charge in [0.05, 0.1) is 17.2 Å². The van der Waals surface area contributed by atoms with E-state index in [0.29, 0.717) is 18.1 Å². The minimum absolute atomic E-state index is 0.267. The highest BCUT2D eigenvalue weighted by atomic mass is 32.1. The largest absolute Gasteiger partial charge is 0.332 e. The molecule has 26 heavy (non-hydrogen) atoms. The number of aromatic nitrogens is 4. The number of aryl methyl sites for hydroxylation is 2. The SMILES string of the molecule is CCCc1nc(CNC(=O)Nc2cccc(-c3n[nH]c(CC)n3)c2)cs1. The van der Waals surface area contributed by atoms with E-state index in [4.69, 9.17) is 0 Å². The molecule has 0 fully saturated rings. The topological polar surface area (TPSA) is 95.6 Å². The molecule has 0 aliphatic carbocycles. The van der Waals surface area contributed by atoms with Crippen LogP contribution in [0.5, 0.6) is 0 Å². The number of aromatic amines is 1. The van der Waals surface area contributed by atoms with Crippen LogP contribution in [-0.2, 0) is 19.4 Å². The molecule has 0 unspecified atom stereocenters. The highest BCUT2D eigenvalue weighted by molar-refractivity contribution is 7.09. The standard InChI is InChI=1S/C18H22N6OS/c1-3-6-16-20-14(11-26-16)10-19-18(25)21-13-8-5-7-12(9-13)17-22-15(4-2)23-24-17/h5,7-9,11H,3-4,6,10H2,1-2H3,(H2,19,21,25)(H,22,23,24). The molecule has 0 bridgehead atoms. The van der Waals surface area contributed by atoms with Crippen molar-refractivity contribution in [3.8, 4) is 11.4 Å². The van der Waals surface area contributed by atoms with Crippen molar-refractivity contribution >= 4 is 23.1 Å². The Hall–Kier alpha value is -2.74. The number of hydrogen-bond acceptors (Lipinski definition) is 5. The normalized spacial score (nSPS) is 10.7. The molecular formula is C18H22N6OS. The van der Waals surface area contributed by atoms with Crippen molar-refractivity contribution in [1.29, 1.82) is 0 Å². The fraction of sp³-hybridized carbons (Fsp3) is 0.333. The lowest BCUT2D eigenvalue weighted by molar-refractivity contribution is 0.251. The number of thiazole rings is 1. The number of rotatable bonds is 7. The number of benzene rings is 1. The Kier molecular flexibility index (Phi) is 5.96. The van der Waals surface area contributed by atoms with E-state index in [1.807, 2.05) is 36.6 Å². The van der Waals surface area contributed by atoms with Gasteiger partial charge in [-0.05, 0) is 25.0 Å². The van der Waals surface area contributed by atoms with Crippen LogP contribution in [0.3, 0.4) is 0 Å². The van der Waals surface area contributed by atoms with Gasteiger partial charge >= 0.3 is 6.03 Å². The number of anilines is 1. The Morgan fingerprint density at radius 1 is 1.27 bits per heavy atom. The summed E-state index contributed by atoms with van der Waals surface area (Å²) >= 11 is 1.63. The van der Waals surface area contributed by atoms with E-state index in [-0.39, 0.29) is 6.03 Å². The molecule has 3 N–H and O–H groups in total. The summed E-state index contributed by atoms with van der Waals surface area (Å²) in [5.41, 5.74) is 2.42. The second-order valence-corrected chi connectivity index (χ2v) is 6.77. The lowest BCUT2D eigenvalue weighted by Gasteiger charge is -2.07. The van der Waals surface area contributed by atoms with Gasteiger partial charge in [-0.2, -0.15) is 5.10 Å². The Morgan fingerprint density at radius 3 is 2.92 bits per heavy atom.